The quantitative estimate of drug-likeness (QED) is 0.907. The highest BCUT2D eigenvalue weighted by atomic mass is 16.3. The van der Waals surface area contributed by atoms with Crippen LogP contribution in [-0.4, -0.2) is 34.2 Å². The first-order valence-corrected chi connectivity index (χ1v) is 7.85. The Bertz CT molecular complexity index is 420. The Morgan fingerprint density at radius 1 is 1.26 bits per heavy atom. The molecule has 1 aromatic rings. The molecule has 19 heavy (non-hydrogen) atoms. The Morgan fingerprint density at radius 3 is 2.84 bits per heavy atom. The molecule has 0 saturated carbocycles. The van der Waals surface area contributed by atoms with E-state index in [0.29, 0.717) is 6.04 Å². The van der Waals surface area contributed by atoms with Gasteiger partial charge in [-0.15, -0.1) is 0 Å². The number of piperidine rings is 1. The predicted molar refractivity (Wildman–Crippen MR) is 77.3 cm³/mol. The van der Waals surface area contributed by atoms with Gasteiger partial charge in [-0.05, 0) is 58.2 Å². The normalized spacial score (nSPS) is 26.1. The van der Waals surface area contributed by atoms with E-state index in [9.17, 15) is 5.11 Å². The van der Waals surface area contributed by atoms with E-state index < -0.39 is 0 Å². The molecule has 106 valence electrons. The largest absolute Gasteiger partial charge is 0.388 e. The second-order valence-electron chi connectivity index (χ2n) is 6.24. The van der Waals surface area contributed by atoms with Crippen LogP contribution in [0.3, 0.4) is 0 Å². The minimum atomic E-state index is -0.229. The Kier molecular flexibility index (Phi) is 3.94. The summed E-state index contributed by atoms with van der Waals surface area (Å²) in [7, 11) is 0. The average Bonchev–Trinajstić information content (AvgIpc) is 2.85. The molecule has 0 radical (unpaired) electrons. The standard InChI is InChI=1S/C16H26N2O/c1-13(12-17-9-3-2-4-10-17)18-11-8-14-15(18)6-5-7-16(14)19/h8,11,13,16,19H,2-7,9-10,12H2,1H3. The number of nitrogens with zero attached hydrogens (tertiary/aromatic N) is 2. The third-order valence-electron chi connectivity index (χ3n) is 4.76. The van der Waals surface area contributed by atoms with Crippen molar-refractivity contribution in [1.82, 2.24) is 9.47 Å². The molecule has 3 rings (SSSR count). The van der Waals surface area contributed by atoms with Gasteiger partial charge in [0.25, 0.3) is 0 Å². The Morgan fingerprint density at radius 2 is 2.05 bits per heavy atom. The van der Waals surface area contributed by atoms with Crippen LogP contribution in [0.4, 0.5) is 0 Å². The lowest BCUT2D eigenvalue weighted by Crippen LogP contribution is -2.34. The number of hydrogen-bond acceptors (Lipinski definition) is 2. The molecule has 1 aliphatic carbocycles. The first-order valence-electron chi connectivity index (χ1n) is 7.85. The molecule has 2 atom stereocenters. The van der Waals surface area contributed by atoms with Gasteiger partial charge in [-0.25, -0.2) is 0 Å². The molecule has 1 saturated heterocycles. The van der Waals surface area contributed by atoms with Crippen LogP contribution in [0.15, 0.2) is 12.3 Å². The van der Waals surface area contributed by atoms with Crippen LogP contribution in [0.1, 0.15) is 62.4 Å². The topological polar surface area (TPSA) is 28.4 Å². The van der Waals surface area contributed by atoms with E-state index in [4.69, 9.17) is 0 Å². The minimum Gasteiger partial charge on any atom is -0.388 e. The molecule has 1 N–H and O–H groups in total. The minimum absolute atomic E-state index is 0.229. The fourth-order valence-electron chi connectivity index (χ4n) is 3.71. The van der Waals surface area contributed by atoms with Crippen LogP contribution < -0.4 is 0 Å². The van der Waals surface area contributed by atoms with Crippen molar-refractivity contribution < 1.29 is 5.11 Å². The van der Waals surface area contributed by atoms with Crippen molar-refractivity contribution in [3.05, 3.63) is 23.5 Å². The van der Waals surface area contributed by atoms with Crippen molar-refractivity contribution in [2.24, 2.45) is 0 Å². The van der Waals surface area contributed by atoms with E-state index >= 15 is 0 Å². The number of fused-ring (bicyclic) bond motifs is 1. The van der Waals surface area contributed by atoms with Crippen molar-refractivity contribution in [3.63, 3.8) is 0 Å². The molecule has 3 nitrogen and oxygen atoms in total. The number of aromatic nitrogens is 1. The number of hydrogen-bond donors (Lipinski definition) is 1. The fraction of sp³-hybridized carbons (Fsp3) is 0.750. The lowest BCUT2D eigenvalue weighted by atomic mass is 9.95. The summed E-state index contributed by atoms with van der Waals surface area (Å²) in [5.74, 6) is 0. The van der Waals surface area contributed by atoms with E-state index in [0.717, 1.165) is 25.8 Å². The van der Waals surface area contributed by atoms with Crippen LogP contribution in [0, 0.1) is 0 Å². The summed E-state index contributed by atoms with van der Waals surface area (Å²) in [6.07, 6.45) is 9.25. The van der Waals surface area contributed by atoms with Crippen molar-refractivity contribution in [3.8, 4) is 0 Å². The van der Waals surface area contributed by atoms with Gasteiger partial charge in [-0.3, -0.25) is 0 Å². The van der Waals surface area contributed by atoms with Gasteiger partial charge >= 0.3 is 0 Å². The summed E-state index contributed by atoms with van der Waals surface area (Å²) in [6, 6.07) is 2.65. The van der Waals surface area contributed by atoms with Gasteiger partial charge < -0.3 is 14.6 Å². The number of aliphatic hydroxyl groups excluding tert-OH is 1. The zero-order valence-corrected chi connectivity index (χ0v) is 12.0. The summed E-state index contributed by atoms with van der Waals surface area (Å²) in [6.45, 7) is 5.99. The molecule has 0 aromatic carbocycles. The maximum atomic E-state index is 10.1. The first-order chi connectivity index (χ1) is 9.25. The molecular weight excluding hydrogens is 236 g/mol. The zero-order chi connectivity index (χ0) is 13.2. The second-order valence-corrected chi connectivity index (χ2v) is 6.24. The van der Waals surface area contributed by atoms with Gasteiger partial charge in [-0.2, -0.15) is 0 Å². The van der Waals surface area contributed by atoms with E-state index in [2.05, 4.69) is 28.7 Å². The third kappa shape index (κ3) is 2.72. The summed E-state index contributed by atoms with van der Waals surface area (Å²) < 4.78 is 2.41. The Balaban J connectivity index is 1.71. The highest BCUT2D eigenvalue weighted by Crippen LogP contribution is 2.32. The van der Waals surface area contributed by atoms with Gasteiger partial charge in [0.1, 0.15) is 0 Å². The summed E-state index contributed by atoms with van der Waals surface area (Å²) in [5.41, 5.74) is 2.56. The highest BCUT2D eigenvalue weighted by Gasteiger charge is 2.23. The van der Waals surface area contributed by atoms with Gasteiger partial charge in [-0.1, -0.05) is 6.42 Å². The van der Waals surface area contributed by atoms with E-state index in [-0.39, 0.29) is 6.10 Å². The van der Waals surface area contributed by atoms with Crippen LogP contribution in [0.2, 0.25) is 0 Å². The van der Waals surface area contributed by atoms with E-state index in [1.54, 1.807) is 0 Å². The molecule has 2 heterocycles. The van der Waals surface area contributed by atoms with Gasteiger partial charge in [0.05, 0.1) is 6.10 Å². The molecule has 1 aromatic heterocycles. The molecule has 2 aliphatic rings. The number of likely N-dealkylation sites (tertiary alicyclic amines) is 1. The SMILES string of the molecule is CC(CN1CCCCC1)n1ccc2c1CCCC2O. The monoisotopic (exact) mass is 262 g/mol. The fourth-order valence-corrected chi connectivity index (χ4v) is 3.71. The third-order valence-corrected chi connectivity index (χ3v) is 4.76. The van der Waals surface area contributed by atoms with Crippen LogP contribution in [0.5, 0.6) is 0 Å². The summed E-state index contributed by atoms with van der Waals surface area (Å²) >= 11 is 0. The summed E-state index contributed by atoms with van der Waals surface area (Å²) in [5, 5.41) is 10.1. The van der Waals surface area contributed by atoms with Crippen molar-refractivity contribution in [1.29, 1.82) is 0 Å². The molecule has 0 spiro atoms. The molecule has 1 fully saturated rings. The second kappa shape index (κ2) is 5.68. The van der Waals surface area contributed by atoms with Gasteiger partial charge in [0.15, 0.2) is 0 Å². The molecule has 0 amide bonds. The smallest absolute Gasteiger partial charge is 0.0807 e. The number of rotatable bonds is 3. The maximum absolute atomic E-state index is 10.1. The molecule has 1 aliphatic heterocycles. The first kappa shape index (κ1) is 13.2. The molecule has 3 heteroatoms. The Hall–Kier alpha value is -0.800. The van der Waals surface area contributed by atoms with E-state index in [1.165, 1.54) is 43.6 Å². The predicted octanol–water partition coefficient (Wildman–Crippen LogP) is 2.90. The maximum Gasteiger partial charge on any atom is 0.0807 e. The lowest BCUT2D eigenvalue weighted by molar-refractivity contribution is 0.154. The average molecular weight is 262 g/mol. The van der Waals surface area contributed by atoms with Crippen molar-refractivity contribution >= 4 is 0 Å². The van der Waals surface area contributed by atoms with Gasteiger partial charge in [0, 0.05) is 30.0 Å². The highest BCUT2D eigenvalue weighted by molar-refractivity contribution is 5.27. The molecule has 0 bridgehead atoms. The number of aliphatic hydroxyl groups is 1. The molecule has 2 unspecified atom stereocenters. The van der Waals surface area contributed by atoms with E-state index in [1.807, 2.05) is 0 Å². The summed E-state index contributed by atoms with van der Waals surface area (Å²) in [4.78, 5) is 2.60. The van der Waals surface area contributed by atoms with Crippen LogP contribution in [0.25, 0.3) is 0 Å². The molecular formula is C16H26N2O. The van der Waals surface area contributed by atoms with Crippen LogP contribution in [-0.2, 0) is 6.42 Å². The van der Waals surface area contributed by atoms with Crippen LogP contribution >= 0.6 is 0 Å². The Labute approximate surface area is 116 Å². The van der Waals surface area contributed by atoms with Crippen molar-refractivity contribution in [2.75, 3.05) is 19.6 Å². The van der Waals surface area contributed by atoms with Crippen molar-refractivity contribution in [2.45, 2.75) is 57.6 Å². The zero-order valence-electron chi connectivity index (χ0n) is 12.0. The lowest BCUT2D eigenvalue weighted by Gasteiger charge is -2.31. The van der Waals surface area contributed by atoms with Gasteiger partial charge in [0.2, 0.25) is 0 Å².